The summed E-state index contributed by atoms with van der Waals surface area (Å²) in [4.78, 5) is 39.5. The Balaban J connectivity index is 1.70. The van der Waals surface area contributed by atoms with Crippen molar-refractivity contribution >= 4 is 11.6 Å². The van der Waals surface area contributed by atoms with Crippen molar-refractivity contribution in [1.82, 2.24) is 15.3 Å². The zero-order valence-electron chi connectivity index (χ0n) is 14.8. The molecular formula is C18H21FN4O4. The fourth-order valence-corrected chi connectivity index (χ4v) is 3.53. The molecular weight excluding hydrogens is 355 g/mol. The Kier molecular flexibility index (Phi) is 5.13. The summed E-state index contributed by atoms with van der Waals surface area (Å²) >= 11 is 0. The first-order valence-corrected chi connectivity index (χ1v) is 8.59. The number of amides is 1. The highest BCUT2D eigenvalue weighted by atomic mass is 19.1. The minimum absolute atomic E-state index is 0.164. The van der Waals surface area contributed by atoms with Gasteiger partial charge in [-0.05, 0) is 43.4 Å². The van der Waals surface area contributed by atoms with E-state index in [1.54, 1.807) is 19.2 Å². The second-order valence-electron chi connectivity index (χ2n) is 6.65. The second-order valence-corrected chi connectivity index (χ2v) is 6.65. The van der Waals surface area contributed by atoms with Crippen LogP contribution >= 0.6 is 0 Å². The number of rotatable bonds is 4. The number of ether oxygens (including phenoxy) is 1. The highest BCUT2D eigenvalue weighted by Gasteiger charge is 2.37. The summed E-state index contributed by atoms with van der Waals surface area (Å²) in [6.07, 6.45) is 2.48. The number of nitrogens with one attached hydrogen (secondary N) is 3. The number of methoxy groups -OCH3 is 1. The van der Waals surface area contributed by atoms with Crippen molar-refractivity contribution in [1.29, 1.82) is 0 Å². The maximum Gasteiger partial charge on any atom is 0.326 e. The number of hydrogen-bond acceptors (Lipinski definition) is 5. The van der Waals surface area contributed by atoms with Gasteiger partial charge in [-0.1, -0.05) is 12.1 Å². The molecule has 1 aromatic carbocycles. The monoisotopic (exact) mass is 376 g/mol. The summed E-state index contributed by atoms with van der Waals surface area (Å²) in [6.45, 7) is 0. The quantitative estimate of drug-likeness (QED) is 0.632. The molecule has 0 radical (unpaired) electrons. The molecule has 144 valence electrons. The molecule has 1 fully saturated rings. The maximum absolute atomic E-state index is 13.2. The lowest BCUT2D eigenvalue weighted by atomic mass is 9.77. The van der Waals surface area contributed by atoms with Gasteiger partial charge in [-0.25, -0.2) is 9.18 Å². The zero-order valence-corrected chi connectivity index (χ0v) is 14.8. The van der Waals surface area contributed by atoms with Crippen molar-refractivity contribution < 1.29 is 13.9 Å². The van der Waals surface area contributed by atoms with Crippen LogP contribution in [0.25, 0.3) is 0 Å². The first-order valence-electron chi connectivity index (χ1n) is 8.59. The summed E-state index contributed by atoms with van der Waals surface area (Å²) in [5, 5.41) is 2.80. The molecule has 1 heterocycles. The van der Waals surface area contributed by atoms with Crippen LogP contribution in [0.15, 0.2) is 33.9 Å². The van der Waals surface area contributed by atoms with E-state index in [0.717, 1.165) is 5.56 Å². The molecule has 0 atom stereocenters. The Labute approximate surface area is 153 Å². The molecule has 0 spiro atoms. The van der Waals surface area contributed by atoms with E-state index in [4.69, 9.17) is 10.5 Å². The number of hydrogen-bond donors (Lipinski definition) is 4. The molecule has 0 aliphatic heterocycles. The van der Waals surface area contributed by atoms with E-state index in [1.165, 1.54) is 12.1 Å². The van der Waals surface area contributed by atoms with Crippen LogP contribution in [0.5, 0.6) is 0 Å². The van der Waals surface area contributed by atoms with E-state index >= 15 is 0 Å². The zero-order chi connectivity index (χ0) is 19.6. The van der Waals surface area contributed by atoms with Crippen molar-refractivity contribution in [2.24, 2.45) is 0 Å². The molecule has 5 N–H and O–H groups in total. The van der Waals surface area contributed by atoms with Gasteiger partial charge in [0, 0.05) is 13.2 Å². The predicted octanol–water partition coefficient (Wildman–Crippen LogP) is 0.999. The van der Waals surface area contributed by atoms with Gasteiger partial charge in [-0.15, -0.1) is 0 Å². The summed E-state index contributed by atoms with van der Waals surface area (Å²) in [6, 6.07) is 6.05. The van der Waals surface area contributed by atoms with Gasteiger partial charge in [0.15, 0.2) is 0 Å². The third kappa shape index (κ3) is 3.77. The van der Waals surface area contributed by atoms with Gasteiger partial charge in [-0.3, -0.25) is 14.6 Å². The van der Waals surface area contributed by atoms with Crippen molar-refractivity contribution in [3.63, 3.8) is 0 Å². The first kappa shape index (κ1) is 18.8. The van der Waals surface area contributed by atoms with Gasteiger partial charge >= 0.3 is 5.69 Å². The number of carbonyl (C=O) groups excluding carboxylic acids is 1. The van der Waals surface area contributed by atoms with E-state index in [2.05, 4.69) is 10.3 Å². The molecule has 1 aliphatic carbocycles. The minimum Gasteiger partial charge on any atom is -0.392 e. The molecule has 0 bridgehead atoms. The molecule has 1 saturated carbocycles. The third-order valence-corrected chi connectivity index (χ3v) is 5.10. The summed E-state index contributed by atoms with van der Waals surface area (Å²) < 4.78 is 18.9. The normalized spacial score (nSPS) is 22.4. The number of aromatic amines is 2. The number of anilines is 1. The van der Waals surface area contributed by atoms with Crippen LogP contribution in [0.1, 0.15) is 41.7 Å². The van der Waals surface area contributed by atoms with Gasteiger partial charge < -0.3 is 20.8 Å². The summed E-state index contributed by atoms with van der Waals surface area (Å²) in [7, 11) is 1.62. The summed E-state index contributed by atoms with van der Waals surface area (Å²) in [5.41, 5.74) is 3.76. The lowest BCUT2D eigenvalue weighted by Gasteiger charge is -2.39. The van der Waals surface area contributed by atoms with Gasteiger partial charge in [0.2, 0.25) is 0 Å². The highest BCUT2D eigenvalue weighted by Crippen LogP contribution is 2.40. The lowest BCUT2D eigenvalue weighted by molar-refractivity contribution is -0.0496. The van der Waals surface area contributed by atoms with Gasteiger partial charge in [0.1, 0.15) is 17.2 Å². The van der Waals surface area contributed by atoms with E-state index in [-0.39, 0.29) is 23.2 Å². The van der Waals surface area contributed by atoms with Gasteiger partial charge in [-0.2, -0.15) is 0 Å². The Bertz CT molecular complexity index is 943. The SMILES string of the molecule is CO[C@]1(c2ccc(F)cc2)CC[C@H](NC(=O)c2[nH]c(=O)[nH]c(=O)c2N)CC1. The number of carbonyl (C=O) groups is 1. The smallest absolute Gasteiger partial charge is 0.326 e. The van der Waals surface area contributed by atoms with Crippen molar-refractivity contribution in [2.45, 2.75) is 37.3 Å². The summed E-state index contributed by atoms with van der Waals surface area (Å²) in [5.74, 6) is -0.914. The molecule has 1 aliphatic rings. The molecule has 27 heavy (non-hydrogen) atoms. The van der Waals surface area contributed by atoms with Gasteiger partial charge in [0.05, 0.1) is 5.60 Å². The predicted molar refractivity (Wildman–Crippen MR) is 96.9 cm³/mol. The molecule has 9 heteroatoms. The highest BCUT2D eigenvalue weighted by molar-refractivity contribution is 5.96. The van der Waals surface area contributed by atoms with Crippen LogP contribution in [0, 0.1) is 5.82 Å². The number of halogens is 1. The number of nitrogen functional groups attached to an aromatic ring is 1. The van der Waals surface area contributed by atoms with Crippen LogP contribution in [-0.2, 0) is 10.3 Å². The average molecular weight is 376 g/mol. The fraction of sp³-hybridized carbons (Fsp3) is 0.389. The Morgan fingerprint density at radius 3 is 2.44 bits per heavy atom. The molecule has 1 aromatic heterocycles. The Hall–Kier alpha value is -2.94. The largest absolute Gasteiger partial charge is 0.392 e. The Morgan fingerprint density at radius 2 is 1.85 bits per heavy atom. The first-order chi connectivity index (χ1) is 12.8. The molecule has 0 unspecified atom stereocenters. The van der Waals surface area contributed by atoms with Crippen LogP contribution in [0.3, 0.4) is 0 Å². The van der Waals surface area contributed by atoms with Crippen LogP contribution in [-0.4, -0.2) is 29.0 Å². The number of aromatic nitrogens is 2. The lowest BCUT2D eigenvalue weighted by Crippen LogP contribution is -2.44. The third-order valence-electron chi connectivity index (χ3n) is 5.10. The van der Waals surface area contributed by atoms with Crippen molar-refractivity contribution in [3.05, 3.63) is 62.2 Å². The molecule has 0 saturated heterocycles. The number of nitrogens with two attached hydrogens (primary N) is 1. The van der Waals surface area contributed by atoms with E-state index in [0.29, 0.717) is 25.7 Å². The fourth-order valence-electron chi connectivity index (χ4n) is 3.53. The maximum atomic E-state index is 13.2. The van der Waals surface area contributed by atoms with Crippen LogP contribution in [0.2, 0.25) is 0 Å². The minimum atomic E-state index is -0.803. The van der Waals surface area contributed by atoms with E-state index in [9.17, 15) is 18.8 Å². The van der Waals surface area contributed by atoms with Crippen LogP contribution < -0.4 is 22.3 Å². The topological polar surface area (TPSA) is 130 Å². The van der Waals surface area contributed by atoms with Crippen LogP contribution in [0.4, 0.5) is 10.1 Å². The van der Waals surface area contributed by atoms with E-state index < -0.39 is 22.8 Å². The Morgan fingerprint density at radius 1 is 1.22 bits per heavy atom. The second kappa shape index (κ2) is 7.36. The average Bonchev–Trinajstić information content (AvgIpc) is 2.66. The molecule has 8 nitrogen and oxygen atoms in total. The van der Waals surface area contributed by atoms with E-state index in [1.807, 2.05) is 4.98 Å². The van der Waals surface area contributed by atoms with Crippen molar-refractivity contribution in [2.75, 3.05) is 12.8 Å². The number of benzene rings is 1. The number of H-pyrrole nitrogens is 2. The van der Waals surface area contributed by atoms with Gasteiger partial charge in [0.25, 0.3) is 11.5 Å². The molecule has 3 rings (SSSR count). The molecule has 1 amide bonds. The molecule has 2 aromatic rings. The standard InChI is InChI=1S/C18H21FN4O4/c1-27-18(10-2-4-11(19)5-3-10)8-6-12(7-9-18)21-16(25)14-13(20)15(24)23-17(26)22-14/h2-5,12H,6-9,20H2,1H3,(H,21,25)(H2,22,23,24,26)/t12-,18+. The van der Waals surface area contributed by atoms with Crippen molar-refractivity contribution in [3.8, 4) is 0 Å².